The van der Waals surface area contributed by atoms with Crippen molar-refractivity contribution in [3.63, 3.8) is 0 Å². The number of hydrogen-bond acceptors (Lipinski definition) is 4. The van der Waals surface area contributed by atoms with Crippen LogP contribution in [0.2, 0.25) is 10.0 Å². The zero-order valence-corrected chi connectivity index (χ0v) is 14.2. The van der Waals surface area contributed by atoms with Crippen LogP contribution in [0.25, 0.3) is 0 Å². The van der Waals surface area contributed by atoms with Gasteiger partial charge in [-0.15, -0.1) is 0 Å². The summed E-state index contributed by atoms with van der Waals surface area (Å²) < 4.78 is 2.11. The van der Waals surface area contributed by atoms with Crippen LogP contribution < -0.4 is 16.6 Å². The molecule has 1 aromatic heterocycles. The standard InChI is InChI=1S/C15H14Cl2N4O2/c1-8(9-5-4-6-11(16)12(9)17)19-13-10(7-18)14(22)21(3)15(23)20(13)2/h4-6,8,19H,1-3H3. The van der Waals surface area contributed by atoms with Gasteiger partial charge in [-0.25, -0.2) is 4.79 Å². The molecule has 120 valence electrons. The maximum absolute atomic E-state index is 12.1. The third-order valence-electron chi connectivity index (χ3n) is 3.58. The van der Waals surface area contributed by atoms with Crippen molar-refractivity contribution in [1.82, 2.24) is 9.13 Å². The quantitative estimate of drug-likeness (QED) is 0.919. The molecule has 0 aliphatic carbocycles. The molecule has 23 heavy (non-hydrogen) atoms. The third kappa shape index (κ3) is 2.98. The minimum atomic E-state index is -0.650. The van der Waals surface area contributed by atoms with Gasteiger partial charge < -0.3 is 5.32 Å². The van der Waals surface area contributed by atoms with Crippen LogP contribution in [0, 0.1) is 11.3 Å². The van der Waals surface area contributed by atoms with Crippen LogP contribution in [0.5, 0.6) is 0 Å². The Morgan fingerprint density at radius 2 is 1.87 bits per heavy atom. The molecule has 2 rings (SSSR count). The van der Waals surface area contributed by atoms with E-state index >= 15 is 0 Å². The Bertz CT molecular complexity index is 925. The second kappa shape index (κ2) is 6.49. The Morgan fingerprint density at radius 1 is 1.22 bits per heavy atom. The normalized spacial score (nSPS) is 11.8. The van der Waals surface area contributed by atoms with Gasteiger partial charge in [0.1, 0.15) is 11.9 Å². The predicted octanol–water partition coefficient (Wildman–Crippen LogP) is 2.44. The zero-order valence-electron chi connectivity index (χ0n) is 12.7. The van der Waals surface area contributed by atoms with E-state index in [0.29, 0.717) is 15.6 Å². The molecule has 6 nitrogen and oxygen atoms in total. The molecular formula is C15H14Cl2N4O2. The highest BCUT2D eigenvalue weighted by atomic mass is 35.5. The molecular weight excluding hydrogens is 339 g/mol. The number of hydrogen-bond donors (Lipinski definition) is 1. The molecule has 8 heteroatoms. The highest BCUT2D eigenvalue weighted by Crippen LogP contribution is 2.31. The van der Waals surface area contributed by atoms with Gasteiger partial charge in [-0.2, -0.15) is 5.26 Å². The topological polar surface area (TPSA) is 79.8 Å². The number of halogens is 2. The number of anilines is 1. The Kier molecular flexibility index (Phi) is 4.83. The first-order chi connectivity index (χ1) is 10.8. The lowest BCUT2D eigenvalue weighted by atomic mass is 10.1. The molecule has 0 fully saturated rings. The molecule has 0 amide bonds. The maximum Gasteiger partial charge on any atom is 0.332 e. The highest BCUT2D eigenvalue weighted by Gasteiger charge is 2.19. The number of nitrogens with one attached hydrogen (secondary N) is 1. The Morgan fingerprint density at radius 3 is 2.48 bits per heavy atom. The number of benzene rings is 1. The van der Waals surface area contributed by atoms with Crippen LogP contribution >= 0.6 is 23.2 Å². The van der Waals surface area contributed by atoms with E-state index in [4.69, 9.17) is 23.2 Å². The smallest absolute Gasteiger partial charge is 0.332 e. The average Bonchev–Trinajstić information content (AvgIpc) is 2.53. The lowest BCUT2D eigenvalue weighted by Gasteiger charge is -2.20. The number of rotatable bonds is 3. The Balaban J connectivity index is 2.57. The lowest BCUT2D eigenvalue weighted by molar-refractivity contribution is 0.678. The molecule has 0 saturated carbocycles. The fourth-order valence-electron chi connectivity index (χ4n) is 2.25. The van der Waals surface area contributed by atoms with E-state index < -0.39 is 11.2 Å². The van der Waals surface area contributed by atoms with Crippen LogP contribution in [0.3, 0.4) is 0 Å². The summed E-state index contributed by atoms with van der Waals surface area (Å²) in [5.74, 6) is 0.143. The van der Waals surface area contributed by atoms with Crippen molar-refractivity contribution in [3.8, 4) is 6.07 Å². The largest absolute Gasteiger partial charge is 0.364 e. The van der Waals surface area contributed by atoms with Crippen molar-refractivity contribution in [2.75, 3.05) is 5.32 Å². The minimum absolute atomic E-state index is 0.139. The first-order valence-electron chi connectivity index (χ1n) is 6.70. The van der Waals surface area contributed by atoms with Gasteiger partial charge in [-0.1, -0.05) is 35.3 Å². The maximum atomic E-state index is 12.1. The molecule has 1 aromatic carbocycles. The van der Waals surface area contributed by atoms with E-state index in [1.165, 1.54) is 18.7 Å². The third-order valence-corrected chi connectivity index (χ3v) is 4.41. The first-order valence-corrected chi connectivity index (χ1v) is 7.45. The summed E-state index contributed by atoms with van der Waals surface area (Å²) in [6, 6.07) is 6.65. The minimum Gasteiger partial charge on any atom is -0.364 e. The molecule has 0 aliphatic heterocycles. The average molecular weight is 353 g/mol. The fraction of sp³-hybridized carbons (Fsp3) is 0.267. The van der Waals surface area contributed by atoms with Crippen molar-refractivity contribution >= 4 is 29.0 Å². The Labute approximate surface area is 142 Å². The fourth-order valence-corrected chi connectivity index (χ4v) is 2.72. The van der Waals surface area contributed by atoms with Crippen LogP contribution in [0.15, 0.2) is 27.8 Å². The van der Waals surface area contributed by atoms with E-state index in [1.807, 2.05) is 6.07 Å². The van der Waals surface area contributed by atoms with E-state index in [1.54, 1.807) is 25.1 Å². The molecule has 1 atom stereocenters. The van der Waals surface area contributed by atoms with Gasteiger partial charge in [-0.3, -0.25) is 13.9 Å². The SMILES string of the molecule is CC(Nc1c(C#N)c(=O)n(C)c(=O)n1C)c1cccc(Cl)c1Cl. The molecule has 0 radical (unpaired) electrons. The van der Waals surface area contributed by atoms with Crippen LogP contribution in [-0.2, 0) is 14.1 Å². The second-order valence-electron chi connectivity index (χ2n) is 5.05. The molecule has 1 N–H and O–H groups in total. The van der Waals surface area contributed by atoms with Crippen LogP contribution in [0.1, 0.15) is 24.1 Å². The summed E-state index contributed by atoms with van der Waals surface area (Å²) in [4.78, 5) is 24.1. The van der Waals surface area contributed by atoms with E-state index in [2.05, 4.69) is 5.32 Å². The van der Waals surface area contributed by atoms with Gasteiger partial charge >= 0.3 is 5.69 Å². The zero-order chi connectivity index (χ0) is 17.3. The Hall–Kier alpha value is -2.23. The number of aromatic nitrogens is 2. The molecule has 1 heterocycles. The molecule has 2 aromatic rings. The van der Waals surface area contributed by atoms with Gasteiger partial charge in [-0.05, 0) is 18.6 Å². The van der Waals surface area contributed by atoms with Gasteiger partial charge in [0.05, 0.1) is 16.1 Å². The molecule has 0 saturated heterocycles. The van der Waals surface area contributed by atoms with Crippen molar-refractivity contribution < 1.29 is 0 Å². The van der Waals surface area contributed by atoms with Gasteiger partial charge in [0.2, 0.25) is 0 Å². The molecule has 0 spiro atoms. The van der Waals surface area contributed by atoms with Crippen molar-refractivity contribution in [2.45, 2.75) is 13.0 Å². The molecule has 0 aliphatic rings. The first kappa shape index (κ1) is 17.1. The van der Waals surface area contributed by atoms with E-state index in [-0.39, 0.29) is 17.4 Å². The second-order valence-corrected chi connectivity index (χ2v) is 5.84. The van der Waals surface area contributed by atoms with Crippen LogP contribution in [0.4, 0.5) is 5.82 Å². The summed E-state index contributed by atoms with van der Waals surface area (Å²) in [5.41, 5.74) is -0.626. The summed E-state index contributed by atoms with van der Waals surface area (Å²) in [5, 5.41) is 13.0. The predicted molar refractivity (Wildman–Crippen MR) is 90.1 cm³/mol. The van der Waals surface area contributed by atoms with Crippen molar-refractivity contribution in [1.29, 1.82) is 5.26 Å². The van der Waals surface area contributed by atoms with E-state index in [0.717, 1.165) is 4.57 Å². The number of nitrogens with zero attached hydrogens (tertiary/aromatic N) is 3. The highest BCUT2D eigenvalue weighted by molar-refractivity contribution is 6.42. The summed E-state index contributed by atoms with van der Waals surface area (Å²) >= 11 is 12.2. The van der Waals surface area contributed by atoms with Crippen molar-refractivity contribution in [3.05, 3.63) is 60.2 Å². The summed E-state index contributed by atoms with van der Waals surface area (Å²) in [7, 11) is 2.81. The summed E-state index contributed by atoms with van der Waals surface area (Å²) in [6.07, 6.45) is 0. The van der Waals surface area contributed by atoms with Gasteiger partial charge in [0, 0.05) is 14.1 Å². The molecule has 0 bridgehead atoms. The summed E-state index contributed by atoms with van der Waals surface area (Å²) in [6.45, 7) is 1.79. The monoisotopic (exact) mass is 352 g/mol. The van der Waals surface area contributed by atoms with E-state index in [9.17, 15) is 14.9 Å². The van der Waals surface area contributed by atoms with Gasteiger partial charge in [0.25, 0.3) is 5.56 Å². The van der Waals surface area contributed by atoms with Crippen molar-refractivity contribution in [2.24, 2.45) is 14.1 Å². The van der Waals surface area contributed by atoms with Gasteiger partial charge in [0.15, 0.2) is 5.56 Å². The van der Waals surface area contributed by atoms with Crippen LogP contribution in [-0.4, -0.2) is 9.13 Å². The lowest BCUT2D eigenvalue weighted by Crippen LogP contribution is -2.40. The number of nitriles is 1. The molecule has 1 unspecified atom stereocenters.